The molecule has 0 fully saturated rings. The molecule has 0 saturated carbocycles. The Kier molecular flexibility index (Phi) is 11.5. The molecular formula is C35H43F3N4O3. The van der Waals surface area contributed by atoms with Crippen LogP contribution in [0.5, 0.6) is 5.75 Å². The molecule has 7 nitrogen and oxygen atoms in total. The molecule has 0 unspecified atom stereocenters. The van der Waals surface area contributed by atoms with Gasteiger partial charge in [0.15, 0.2) is 0 Å². The van der Waals surface area contributed by atoms with Gasteiger partial charge < -0.3 is 19.4 Å². The summed E-state index contributed by atoms with van der Waals surface area (Å²) in [5.41, 5.74) is 1.74. The molecule has 2 amide bonds. The number of para-hydroxylation sites is 2. The predicted octanol–water partition coefficient (Wildman–Crippen LogP) is 6.72. The van der Waals surface area contributed by atoms with Crippen LogP contribution in [-0.2, 0) is 17.5 Å². The summed E-state index contributed by atoms with van der Waals surface area (Å²) in [4.78, 5) is 35.4. The Morgan fingerprint density at radius 3 is 2.40 bits per heavy atom. The van der Waals surface area contributed by atoms with E-state index in [9.17, 15) is 22.8 Å². The van der Waals surface area contributed by atoms with E-state index in [0.717, 1.165) is 36.3 Å². The maximum absolute atomic E-state index is 14.1. The van der Waals surface area contributed by atoms with Crippen LogP contribution in [0.4, 0.5) is 24.5 Å². The van der Waals surface area contributed by atoms with Gasteiger partial charge in [-0.05, 0) is 69.2 Å². The number of carbonyl (C=O) groups excluding carboxylic acids is 2. The van der Waals surface area contributed by atoms with Crippen molar-refractivity contribution in [1.29, 1.82) is 0 Å². The number of ether oxygens (including phenoxy) is 1. The third-order valence-corrected chi connectivity index (χ3v) is 8.15. The van der Waals surface area contributed by atoms with Crippen molar-refractivity contribution in [2.45, 2.75) is 52.4 Å². The molecule has 0 aliphatic carbocycles. The van der Waals surface area contributed by atoms with Crippen molar-refractivity contribution in [3.63, 3.8) is 0 Å². The summed E-state index contributed by atoms with van der Waals surface area (Å²) in [6.45, 7) is 9.49. The number of amides is 2. The summed E-state index contributed by atoms with van der Waals surface area (Å²) in [6, 6.07) is 20.3. The molecule has 3 aromatic carbocycles. The number of nitrogens with zero attached hydrogens (tertiary/aromatic N) is 4. The molecule has 10 heteroatoms. The number of rotatable bonds is 8. The predicted molar refractivity (Wildman–Crippen MR) is 172 cm³/mol. The third kappa shape index (κ3) is 8.78. The Balaban J connectivity index is 1.61. The number of halogens is 3. The van der Waals surface area contributed by atoms with Crippen LogP contribution >= 0.6 is 0 Å². The van der Waals surface area contributed by atoms with Crippen molar-refractivity contribution >= 4 is 23.2 Å². The molecule has 1 aliphatic rings. The van der Waals surface area contributed by atoms with E-state index in [1.54, 1.807) is 39.9 Å². The van der Waals surface area contributed by atoms with E-state index in [1.807, 2.05) is 43.3 Å². The molecule has 1 aliphatic heterocycles. The van der Waals surface area contributed by atoms with Crippen LogP contribution in [0.25, 0.3) is 0 Å². The zero-order chi connectivity index (χ0) is 32.6. The highest BCUT2D eigenvalue weighted by Crippen LogP contribution is 2.32. The first kappa shape index (κ1) is 33.8. The quantitative estimate of drug-likeness (QED) is 0.279. The molecule has 0 radical (unpaired) electrons. The fourth-order valence-corrected chi connectivity index (χ4v) is 5.59. The highest BCUT2D eigenvalue weighted by atomic mass is 19.4. The minimum absolute atomic E-state index is 0.105. The van der Waals surface area contributed by atoms with Crippen molar-refractivity contribution in [3.05, 3.63) is 89.5 Å². The lowest BCUT2D eigenvalue weighted by Crippen LogP contribution is -2.42. The van der Waals surface area contributed by atoms with Gasteiger partial charge in [0.25, 0.3) is 5.91 Å². The first-order valence-electron chi connectivity index (χ1n) is 15.5. The Hall–Kier alpha value is -4.05. The fourth-order valence-electron chi connectivity index (χ4n) is 5.59. The van der Waals surface area contributed by atoms with Crippen molar-refractivity contribution in [2.24, 2.45) is 0 Å². The van der Waals surface area contributed by atoms with E-state index in [-0.39, 0.29) is 30.8 Å². The lowest BCUT2D eigenvalue weighted by molar-refractivity contribution is -0.137. The molecule has 0 N–H and O–H groups in total. The van der Waals surface area contributed by atoms with Gasteiger partial charge in [0.2, 0.25) is 5.91 Å². The highest BCUT2D eigenvalue weighted by Gasteiger charge is 2.31. The van der Waals surface area contributed by atoms with Crippen LogP contribution in [0.3, 0.4) is 0 Å². The molecular weight excluding hydrogens is 581 g/mol. The number of hydrogen-bond donors (Lipinski definition) is 0. The van der Waals surface area contributed by atoms with Crippen LogP contribution in [0.2, 0.25) is 0 Å². The fraction of sp³-hybridized carbons (Fsp3) is 0.429. The van der Waals surface area contributed by atoms with Crippen LogP contribution < -0.4 is 14.5 Å². The maximum atomic E-state index is 14.1. The molecule has 242 valence electrons. The molecule has 0 saturated heterocycles. The summed E-state index contributed by atoms with van der Waals surface area (Å²) >= 11 is 0. The zero-order valence-electron chi connectivity index (χ0n) is 26.5. The van der Waals surface area contributed by atoms with Gasteiger partial charge in [-0.1, -0.05) is 36.4 Å². The Labute approximate surface area is 264 Å². The third-order valence-electron chi connectivity index (χ3n) is 8.15. The van der Waals surface area contributed by atoms with Gasteiger partial charge in [-0.15, -0.1) is 0 Å². The SMILES string of the molecule is CCOc1ccccc1C(=O)N1CCCN(C(C)C)CCN(C(=O)CCN(C)c2cccc(C(F)(F)F)c2)Cc2ccccc21. The van der Waals surface area contributed by atoms with Crippen molar-refractivity contribution in [3.8, 4) is 5.75 Å². The topological polar surface area (TPSA) is 56.3 Å². The van der Waals surface area contributed by atoms with Crippen LogP contribution in [0, 0.1) is 0 Å². The van der Waals surface area contributed by atoms with Gasteiger partial charge in [0.1, 0.15) is 5.75 Å². The van der Waals surface area contributed by atoms with Crippen LogP contribution in [-0.4, -0.2) is 74.0 Å². The molecule has 45 heavy (non-hydrogen) atoms. The van der Waals surface area contributed by atoms with E-state index in [0.29, 0.717) is 49.8 Å². The van der Waals surface area contributed by atoms with E-state index in [2.05, 4.69) is 18.7 Å². The summed E-state index contributed by atoms with van der Waals surface area (Å²) in [6.07, 6.45) is -3.57. The van der Waals surface area contributed by atoms with Gasteiger partial charge in [-0.3, -0.25) is 14.5 Å². The van der Waals surface area contributed by atoms with Gasteiger partial charge in [0.05, 0.1) is 17.7 Å². The number of alkyl halides is 3. The van der Waals surface area contributed by atoms with E-state index in [4.69, 9.17) is 4.74 Å². The first-order chi connectivity index (χ1) is 21.5. The monoisotopic (exact) mass is 624 g/mol. The molecule has 0 spiro atoms. The molecule has 0 aromatic heterocycles. The summed E-state index contributed by atoms with van der Waals surface area (Å²) in [7, 11) is 1.69. The second-order valence-corrected chi connectivity index (χ2v) is 11.5. The average molecular weight is 625 g/mol. The number of hydrogen-bond acceptors (Lipinski definition) is 5. The summed E-state index contributed by atoms with van der Waals surface area (Å²) in [5.74, 6) is 0.260. The van der Waals surface area contributed by atoms with Gasteiger partial charge in [0, 0.05) is 70.2 Å². The largest absolute Gasteiger partial charge is 0.493 e. The lowest BCUT2D eigenvalue weighted by atomic mass is 10.1. The number of fused-ring (bicyclic) bond motifs is 1. The average Bonchev–Trinajstić information content (AvgIpc) is 3.06. The standard InChI is InChI=1S/C35H43F3N4O3/c1-5-45-32-17-9-7-15-30(32)34(44)42-20-11-19-40(26(2)3)22-23-41(25-27-12-6-8-16-31(27)42)33(43)18-21-39(4)29-14-10-13-28(24-29)35(36,37)38/h6-10,12-17,24,26H,5,11,18-23,25H2,1-4H3. The van der Waals surface area contributed by atoms with E-state index >= 15 is 0 Å². The highest BCUT2D eigenvalue weighted by molar-refractivity contribution is 6.08. The smallest absolute Gasteiger partial charge is 0.416 e. The number of carbonyl (C=O) groups is 2. The van der Waals surface area contributed by atoms with Crippen molar-refractivity contribution in [2.75, 3.05) is 56.2 Å². The maximum Gasteiger partial charge on any atom is 0.416 e. The molecule has 0 bridgehead atoms. The Morgan fingerprint density at radius 2 is 1.67 bits per heavy atom. The molecule has 3 aromatic rings. The summed E-state index contributed by atoms with van der Waals surface area (Å²) in [5, 5.41) is 0. The number of benzene rings is 3. The van der Waals surface area contributed by atoms with Gasteiger partial charge in [-0.25, -0.2) is 0 Å². The van der Waals surface area contributed by atoms with E-state index < -0.39 is 11.7 Å². The first-order valence-corrected chi connectivity index (χ1v) is 15.5. The minimum atomic E-state index is -4.44. The second kappa shape index (κ2) is 15.3. The Morgan fingerprint density at radius 1 is 0.933 bits per heavy atom. The Bertz CT molecular complexity index is 1450. The van der Waals surface area contributed by atoms with Crippen molar-refractivity contribution < 1.29 is 27.5 Å². The second-order valence-electron chi connectivity index (χ2n) is 11.5. The van der Waals surface area contributed by atoms with Gasteiger partial charge >= 0.3 is 6.18 Å². The molecule has 1 heterocycles. The number of anilines is 2. The van der Waals surface area contributed by atoms with Crippen molar-refractivity contribution in [1.82, 2.24) is 9.80 Å². The zero-order valence-corrected chi connectivity index (χ0v) is 26.5. The summed E-state index contributed by atoms with van der Waals surface area (Å²) < 4.78 is 45.6. The minimum Gasteiger partial charge on any atom is -0.493 e. The lowest BCUT2D eigenvalue weighted by Gasteiger charge is -2.30. The molecule has 4 rings (SSSR count). The van der Waals surface area contributed by atoms with Crippen LogP contribution in [0.1, 0.15) is 55.1 Å². The van der Waals surface area contributed by atoms with Crippen LogP contribution in [0.15, 0.2) is 72.8 Å². The normalized spacial score (nSPS) is 14.9. The van der Waals surface area contributed by atoms with E-state index in [1.165, 1.54) is 6.07 Å². The van der Waals surface area contributed by atoms with Gasteiger partial charge in [-0.2, -0.15) is 13.2 Å². The molecule has 0 atom stereocenters.